The van der Waals surface area contributed by atoms with Crippen LogP contribution >= 0.6 is 0 Å². The van der Waals surface area contributed by atoms with E-state index in [-0.39, 0.29) is 17.4 Å². The maximum Gasteiger partial charge on any atom is 0.255 e. The molecular formula is C20H28N4O2. The molecule has 1 amide bonds. The van der Waals surface area contributed by atoms with Gasteiger partial charge in [-0.25, -0.2) is 9.97 Å². The second kappa shape index (κ2) is 6.65. The molecular weight excluding hydrogens is 328 g/mol. The van der Waals surface area contributed by atoms with Crippen molar-refractivity contribution in [3.05, 3.63) is 24.2 Å². The summed E-state index contributed by atoms with van der Waals surface area (Å²) in [5, 5.41) is 10.1. The predicted molar refractivity (Wildman–Crippen MR) is 100.0 cm³/mol. The zero-order chi connectivity index (χ0) is 18.3. The van der Waals surface area contributed by atoms with Gasteiger partial charge in [0.05, 0.1) is 18.0 Å². The summed E-state index contributed by atoms with van der Waals surface area (Å²) in [6, 6.07) is 2.35. The number of aliphatic hydroxyl groups excluding tert-OH is 1. The Labute approximate surface area is 154 Å². The van der Waals surface area contributed by atoms with Gasteiger partial charge in [0.1, 0.15) is 5.52 Å². The molecule has 0 bridgehead atoms. The van der Waals surface area contributed by atoms with E-state index in [1.165, 1.54) is 25.7 Å². The molecule has 3 heterocycles. The van der Waals surface area contributed by atoms with Crippen LogP contribution in [0.1, 0.15) is 68.8 Å². The van der Waals surface area contributed by atoms with E-state index < -0.39 is 0 Å². The van der Waals surface area contributed by atoms with E-state index >= 15 is 0 Å². The van der Waals surface area contributed by atoms with Crippen LogP contribution in [0.3, 0.4) is 0 Å². The topological polar surface area (TPSA) is 71.2 Å². The highest BCUT2D eigenvalue weighted by Gasteiger charge is 2.32. The molecule has 6 nitrogen and oxygen atoms in total. The molecule has 6 heteroatoms. The molecule has 4 rings (SSSR count). The van der Waals surface area contributed by atoms with Crippen LogP contribution < -0.4 is 0 Å². The van der Waals surface area contributed by atoms with Crippen LogP contribution in [-0.2, 0) is 0 Å². The van der Waals surface area contributed by atoms with E-state index in [0.717, 1.165) is 17.6 Å². The van der Waals surface area contributed by atoms with Crippen LogP contribution in [0.5, 0.6) is 0 Å². The first kappa shape index (κ1) is 17.5. The number of amides is 1. The van der Waals surface area contributed by atoms with Gasteiger partial charge in [0.25, 0.3) is 5.91 Å². The summed E-state index contributed by atoms with van der Waals surface area (Å²) in [7, 11) is 0. The first-order valence-electron chi connectivity index (χ1n) is 9.73. The van der Waals surface area contributed by atoms with Gasteiger partial charge in [0.15, 0.2) is 5.65 Å². The lowest BCUT2D eigenvalue weighted by Crippen LogP contribution is -2.37. The maximum absolute atomic E-state index is 13.0. The summed E-state index contributed by atoms with van der Waals surface area (Å²) < 4.78 is 2.17. The number of hydrogen-bond donors (Lipinski definition) is 1. The van der Waals surface area contributed by atoms with Gasteiger partial charge in [-0.1, -0.05) is 26.7 Å². The molecule has 1 aliphatic carbocycles. The molecule has 26 heavy (non-hydrogen) atoms. The van der Waals surface area contributed by atoms with Gasteiger partial charge >= 0.3 is 0 Å². The monoisotopic (exact) mass is 356 g/mol. The number of hydrogen-bond acceptors (Lipinski definition) is 4. The number of likely N-dealkylation sites (tertiary alicyclic amines) is 1. The summed E-state index contributed by atoms with van der Waals surface area (Å²) in [5.41, 5.74) is 2.16. The molecule has 0 radical (unpaired) electrons. The predicted octanol–water partition coefficient (Wildman–Crippen LogP) is 3.17. The highest BCUT2D eigenvalue weighted by molar-refractivity contribution is 5.96. The Morgan fingerprint density at radius 2 is 2.00 bits per heavy atom. The molecule has 2 aliphatic rings. The molecule has 0 aromatic carbocycles. The minimum absolute atomic E-state index is 0.0167. The van der Waals surface area contributed by atoms with Gasteiger partial charge < -0.3 is 14.6 Å². The Morgan fingerprint density at radius 3 is 2.77 bits per heavy atom. The molecule has 2 aromatic rings. The molecule has 1 aliphatic heterocycles. The fourth-order valence-electron chi connectivity index (χ4n) is 4.55. The number of carbonyl (C=O) groups excluding carboxylic acids is 1. The minimum atomic E-state index is -0.342. The van der Waals surface area contributed by atoms with Crippen molar-refractivity contribution >= 4 is 17.1 Å². The first-order valence-corrected chi connectivity index (χ1v) is 9.73. The molecule has 1 unspecified atom stereocenters. The number of rotatable bonds is 2. The first-order chi connectivity index (χ1) is 12.4. The number of pyridine rings is 1. The van der Waals surface area contributed by atoms with Crippen molar-refractivity contribution < 1.29 is 9.90 Å². The van der Waals surface area contributed by atoms with E-state index in [2.05, 4.69) is 28.4 Å². The van der Waals surface area contributed by atoms with Crippen molar-refractivity contribution in [3.63, 3.8) is 0 Å². The highest BCUT2D eigenvalue weighted by Crippen LogP contribution is 2.32. The quantitative estimate of drug-likeness (QED) is 0.897. The van der Waals surface area contributed by atoms with Gasteiger partial charge in [-0.3, -0.25) is 4.79 Å². The van der Waals surface area contributed by atoms with Crippen LogP contribution in [0, 0.1) is 5.41 Å². The van der Waals surface area contributed by atoms with E-state index in [1.807, 2.05) is 17.3 Å². The van der Waals surface area contributed by atoms with Gasteiger partial charge in [-0.15, -0.1) is 0 Å². The summed E-state index contributed by atoms with van der Waals surface area (Å²) in [4.78, 5) is 24.0. The molecule has 0 spiro atoms. The Kier molecular flexibility index (Phi) is 4.47. The lowest BCUT2D eigenvalue weighted by Gasteiger charge is -2.29. The van der Waals surface area contributed by atoms with E-state index in [9.17, 15) is 9.90 Å². The number of nitrogens with zero attached hydrogens (tertiary/aromatic N) is 4. The van der Waals surface area contributed by atoms with Crippen molar-refractivity contribution in [1.29, 1.82) is 0 Å². The van der Waals surface area contributed by atoms with Crippen LogP contribution in [0.15, 0.2) is 18.6 Å². The molecule has 1 saturated carbocycles. The second-order valence-electron chi connectivity index (χ2n) is 8.69. The molecule has 1 saturated heterocycles. The second-order valence-corrected chi connectivity index (χ2v) is 8.69. The Balaban J connectivity index is 1.59. The zero-order valence-corrected chi connectivity index (χ0v) is 15.7. The zero-order valence-electron chi connectivity index (χ0n) is 15.7. The van der Waals surface area contributed by atoms with E-state index in [4.69, 9.17) is 0 Å². The fraction of sp³-hybridized carbons (Fsp3) is 0.650. The number of fused-ring (bicyclic) bond motifs is 1. The van der Waals surface area contributed by atoms with Crippen molar-refractivity contribution in [2.45, 2.75) is 64.5 Å². The summed E-state index contributed by atoms with van der Waals surface area (Å²) in [6.07, 6.45) is 9.44. The largest absolute Gasteiger partial charge is 0.393 e. The van der Waals surface area contributed by atoms with Crippen molar-refractivity contribution in [3.8, 4) is 0 Å². The average molecular weight is 356 g/mol. The normalized spacial score (nSPS) is 24.1. The van der Waals surface area contributed by atoms with Crippen LogP contribution in [0.2, 0.25) is 0 Å². The lowest BCUT2D eigenvalue weighted by atomic mass is 9.87. The Morgan fingerprint density at radius 1 is 1.23 bits per heavy atom. The Hall–Kier alpha value is -1.95. The third kappa shape index (κ3) is 3.34. The van der Waals surface area contributed by atoms with E-state index in [0.29, 0.717) is 31.1 Å². The molecule has 1 atom stereocenters. The SMILES string of the molecule is CC1(C)CC(O)CCN(C(=O)c2cnc3c(c2)ncn3C2CCCC2)C1. The van der Waals surface area contributed by atoms with E-state index in [1.54, 1.807) is 6.20 Å². The van der Waals surface area contributed by atoms with Crippen molar-refractivity contribution in [2.24, 2.45) is 5.41 Å². The Bertz CT molecular complexity index is 807. The average Bonchev–Trinajstić information content (AvgIpc) is 3.22. The third-order valence-corrected chi connectivity index (χ3v) is 5.80. The number of carbonyl (C=O) groups is 1. The van der Waals surface area contributed by atoms with Gasteiger partial charge in [0, 0.05) is 25.3 Å². The highest BCUT2D eigenvalue weighted by atomic mass is 16.3. The lowest BCUT2D eigenvalue weighted by molar-refractivity contribution is 0.0704. The van der Waals surface area contributed by atoms with Gasteiger partial charge in [-0.2, -0.15) is 0 Å². The van der Waals surface area contributed by atoms with Gasteiger partial charge in [-0.05, 0) is 37.2 Å². The van der Waals surface area contributed by atoms with Crippen LogP contribution in [0.25, 0.3) is 11.2 Å². The third-order valence-electron chi connectivity index (χ3n) is 5.80. The van der Waals surface area contributed by atoms with Crippen LogP contribution in [0.4, 0.5) is 0 Å². The molecule has 2 fully saturated rings. The van der Waals surface area contributed by atoms with Crippen molar-refractivity contribution in [1.82, 2.24) is 19.4 Å². The summed E-state index contributed by atoms with van der Waals surface area (Å²) in [5.74, 6) is -0.0167. The molecule has 1 N–H and O–H groups in total. The van der Waals surface area contributed by atoms with Crippen LogP contribution in [-0.4, -0.2) is 49.6 Å². The number of aliphatic hydroxyl groups is 1. The molecule has 2 aromatic heterocycles. The number of aromatic nitrogens is 3. The standard InChI is InChI=1S/C20H28N4O2/c1-20(2)10-16(25)7-8-23(12-20)19(26)14-9-17-18(21-11-14)24(13-22-17)15-5-3-4-6-15/h9,11,13,15-16,25H,3-8,10,12H2,1-2H3. The van der Waals surface area contributed by atoms with Crippen molar-refractivity contribution in [2.75, 3.05) is 13.1 Å². The summed E-state index contributed by atoms with van der Waals surface area (Å²) in [6.45, 7) is 5.44. The maximum atomic E-state index is 13.0. The fourth-order valence-corrected chi connectivity index (χ4v) is 4.55. The smallest absolute Gasteiger partial charge is 0.255 e. The minimum Gasteiger partial charge on any atom is -0.393 e. The molecule has 140 valence electrons. The van der Waals surface area contributed by atoms with Gasteiger partial charge in [0.2, 0.25) is 0 Å². The number of imidazole rings is 1. The summed E-state index contributed by atoms with van der Waals surface area (Å²) >= 11 is 0.